The quantitative estimate of drug-likeness (QED) is 0.634. The van der Waals surface area contributed by atoms with E-state index in [4.69, 9.17) is 0 Å². The fourth-order valence-corrected chi connectivity index (χ4v) is 2.99. The lowest BCUT2D eigenvalue weighted by atomic mass is 10.00. The Bertz CT molecular complexity index is 913. The Morgan fingerprint density at radius 3 is 2.17 bits per heavy atom. The second-order valence-electron chi connectivity index (χ2n) is 7.11. The molecule has 2 aromatic rings. The van der Waals surface area contributed by atoms with Crippen molar-refractivity contribution in [2.45, 2.75) is 45.7 Å². The maximum absolute atomic E-state index is 13.4. The first-order valence-corrected chi connectivity index (χ1v) is 9.26. The normalized spacial score (nSPS) is 12.7. The van der Waals surface area contributed by atoms with Crippen molar-refractivity contribution in [1.82, 2.24) is 10.6 Å². The van der Waals surface area contributed by atoms with Crippen LogP contribution in [0.25, 0.3) is 0 Å². The molecule has 29 heavy (non-hydrogen) atoms. The zero-order chi connectivity index (χ0) is 21.6. The van der Waals surface area contributed by atoms with Crippen LogP contribution in [0.1, 0.15) is 29.2 Å². The molecule has 0 spiro atoms. The SMILES string of the molecule is CC(=O)N[C@H](Cc1cccc(F)c1)C(=O)N[C@H](Cc1ccc(C)c(C)c1)C(=O)O. The summed E-state index contributed by atoms with van der Waals surface area (Å²) in [6.45, 7) is 5.15. The maximum Gasteiger partial charge on any atom is 0.326 e. The van der Waals surface area contributed by atoms with Crippen molar-refractivity contribution in [3.63, 3.8) is 0 Å². The molecule has 0 radical (unpaired) electrons. The van der Waals surface area contributed by atoms with Crippen LogP contribution in [-0.2, 0) is 27.2 Å². The van der Waals surface area contributed by atoms with Gasteiger partial charge in [0.15, 0.2) is 0 Å². The minimum Gasteiger partial charge on any atom is -0.480 e. The Labute approximate surface area is 169 Å². The third-order valence-electron chi connectivity index (χ3n) is 4.65. The van der Waals surface area contributed by atoms with Gasteiger partial charge in [0.25, 0.3) is 0 Å². The van der Waals surface area contributed by atoms with Crippen LogP contribution in [0.15, 0.2) is 42.5 Å². The van der Waals surface area contributed by atoms with E-state index in [1.54, 1.807) is 6.07 Å². The predicted molar refractivity (Wildman–Crippen MR) is 107 cm³/mol. The highest BCUT2D eigenvalue weighted by atomic mass is 19.1. The van der Waals surface area contributed by atoms with Gasteiger partial charge in [-0.25, -0.2) is 9.18 Å². The number of benzene rings is 2. The molecule has 2 rings (SSSR count). The second-order valence-corrected chi connectivity index (χ2v) is 7.11. The Hall–Kier alpha value is -3.22. The van der Waals surface area contributed by atoms with Crippen LogP contribution < -0.4 is 10.6 Å². The van der Waals surface area contributed by atoms with E-state index in [-0.39, 0.29) is 12.8 Å². The molecule has 0 saturated carbocycles. The molecule has 0 aliphatic heterocycles. The number of carboxylic acid groups (broad SMARTS) is 1. The highest BCUT2D eigenvalue weighted by molar-refractivity contribution is 5.90. The molecule has 0 aromatic heterocycles. The topological polar surface area (TPSA) is 95.5 Å². The molecule has 0 heterocycles. The van der Waals surface area contributed by atoms with Crippen molar-refractivity contribution in [3.05, 3.63) is 70.5 Å². The van der Waals surface area contributed by atoms with Crippen molar-refractivity contribution >= 4 is 17.8 Å². The van der Waals surface area contributed by atoms with Crippen LogP contribution in [0.2, 0.25) is 0 Å². The van der Waals surface area contributed by atoms with Gasteiger partial charge in [-0.2, -0.15) is 0 Å². The van der Waals surface area contributed by atoms with E-state index in [2.05, 4.69) is 10.6 Å². The van der Waals surface area contributed by atoms with E-state index in [0.717, 1.165) is 16.7 Å². The van der Waals surface area contributed by atoms with E-state index < -0.39 is 35.7 Å². The van der Waals surface area contributed by atoms with Crippen LogP contribution in [0.4, 0.5) is 4.39 Å². The van der Waals surface area contributed by atoms with Crippen LogP contribution >= 0.6 is 0 Å². The van der Waals surface area contributed by atoms with Crippen molar-refractivity contribution in [2.75, 3.05) is 0 Å². The van der Waals surface area contributed by atoms with E-state index in [9.17, 15) is 23.9 Å². The van der Waals surface area contributed by atoms with E-state index in [0.29, 0.717) is 5.56 Å². The lowest BCUT2D eigenvalue weighted by molar-refractivity contribution is -0.142. The molecule has 0 aliphatic rings. The number of aryl methyl sites for hydroxylation is 2. The van der Waals surface area contributed by atoms with Gasteiger partial charge in [-0.1, -0.05) is 30.3 Å². The highest BCUT2D eigenvalue weighted by Gasteiger charge is 2.26. The largest absolute Gasteiger partial charge is 0.480 e. The Balaban J connectivity index is 2.15. The van der Waals surface area contributed by atoms with Gasteiger partial charge in [0, 0.05) is 19.8 Å². The minimum atomic E-state index is -1.18. The average Bonchev–Trinajstić information content (AvgIpc) is 2.63. The summed E-state index contributed by atoms with van der Waals surface area (Å²) in [4.78, 5) is 35.9. The zero-order valence-electron chi connectivity index (χ0n) is 16.7. The first-order chi connectivity index (χ1) is 13.7. The van der Waals surface area contributed by atoms with E-state index >= 15 is 0 Å². The molecular weight excluding hydrogens is 375 g/mol. The van der Waals surface area contributed by atoms with Gasteiger partial charge in [-0.3, -0.25) is 9.59 Å². The first-order valence-electron chi connectivity index (χ1n) is 9.26. The fraction of sp³-hybridized carbons (Fsp3) is 0.318. The van der Waals surface area contributed by atoms with Crippen molar-refractivity contribution in [3.8, 4) is 0 Å². The molecule has 154 valence electrons. The Morgan fingerprint density at radius 2 is 1.59 bits per heavy atom. The fourth-order valence-electron chi connectivity index (χ4n) is 2.99. The van der Waals surface area contributed by atoms with Gasteiger partial charge in [0.2, 0.25) is 11.8 Å². The summed E-state index contributed by atoms with van der Waals surface area (Å²) in [7, 11) is 0. The van der Waals surface area contributed by atoms with Gasteiger partial charge >= 0.3 is 5.97 Å². The van der Waals surface area contributed by atoms with Gasteiger partial charge in [-0.05, 0) is 48.2 Å². The van der Waals surface area contributed by atoms with Crippen LogP contribution in [0.5, 0.6) is 0 Å². The molecule has 7 heteroatoms. The van der Waals surface area contributed by atoms with Crippen LogP contribution in [-0.4, -0.2) is 35.0 Å². The monoisotopic (exact) mass is 400 g/mol. The van der Waals surface area contributed by atoms with Gasteiger partial charge < -0.3 is 15.7 Å². The lowest BCUT2D eigenvalue weighted by Crippen LogP contribution is -2.52. The van der Waals surface area contributed by atoms with Crippen molar-refractivity contribution < 1.29 is 23.9 Å². The molecule has 6 nitrogen and oxygen atoms in total. The molecule has 2 atom stereocenters. The molecular formula is C22H25FN2O4. The number of halogens is 1. The number of rotatable bonds is 8. The Kier molecular flexibility index (Phi) is 7.47. The third kappa shape index (κ3) is 6.71. The van der Waals surface area contributed by atoms with Gasteiger partial charge in [0.05, 0.1) is 0 Å². The second kappa shape index (κ2) is 9.82. The summed E-state index contributed by atoms with van der Waals surface area (Å²) in [5.74, 6) is -2.71. The number of amides is 2. The zero-order valence-corrected chi connectivity index (χ0v) is 16.7. The molecule has 0 aliphatic carbocycles. The van der Waals surface area contributed by atoms with E-state index in [1.165, 1.54) is 25.1 Å². The minimum absolute atomic E-state index is 0.0408. The third-order valence-corrected chi connectivity index (χ3v) is 4.65. The van der Waals surface area contributed by atoms with Crippen LogP contribution in [0, 0.1) is 19.7 Å². The summed E-state index contributed by atoms with van der Waals surface area (Å²) in [6, 6.07) is 9.12. The standard InChI is InChI=1S/C22H25FN2O4/c1-13-7-8-17(9-14(13)2)12-20(22(28)29)25-21(27)19(24-15(3)26)11-16-5-4-6-18(23)10-16/h4-10,19-20H,11-12H2,1-3H3,(H,24,26)(H,25,27)(H,28,29)/t19-,20-/m1/s1. The molecule has 0 bridgehead atoms. The summed E-state index contributed by atoms with van der Waals surface area (Å²) >= 11 is 0. The van der Waals surface area contributed by atoms with Gasteiger partial charge in [-0.15, -0.1) is 0 Å². The number of carboxylic acids is 1. The number of hydrogen-bond donors (Lipinski definition) is 3. The summed E-state index contributed by atoms with van der Waals surface area (Å²) < 4.78 is 13.4. The molecule has 0 unspecified atom stereocenters. The number of nitrogens with one attached hydrogen (secondary N) is 2. The molecule has 3 N–H and O–H groups in total. The summed E-state index contributed by atoms with van der Waals surface area (Å²) in [6.07, 6.45) is 0.147. The van der Waals surface area contributed by atoms with Crippen molar-refractivity contribution in [2.24, 2.45) is 0 Å². The highest BCUT2D eigenvalue weighted by Crippen LogP contribution is 2.12. The smallest absolute Gasteiger partial charge is 0.326 e. The number of carbonyl (C=O) groups excluding carboxylic acids is 2. The molecule has 2 aromatic carbocycles. The number of hydrogen-bond acceptors (Lipinski definition) is 3. The van der Waals surface area contributed by atoms with Gasteiger partial charge in [0.1, 0.15) is 17.9 Å². The lowest BCUT2D eigenvalue weighted by Gasteiger charge is -2.21. The van der Waals surface area contributed by atoms with Crippen molar-refractivity contribution in [1.29, 1.82) is 0 Å². The molecule has 0 fully saturated rings. The first kappa shape index (κ1) is 22.1. The molecule has 2 amide bonds. The summed E-state index contributed by atoms with van der Waals surface area (Å²) in [5, 5.41) is 14.5. The Morgan fingerprint density at radius 1 is 0.931 bits per heavy atom. The number of carbonyl (C=O) groups is 3. The average molecular weight is 400 g/mol. The van der Waals surface area contributed by atoms with E-state index in [1.807, 2.05) is 32.0 Å². The summed E-state index contributed by atoms with van der Waals surface area (Å²) in [5.41, 5.74) is 3.41. The van der Waals surface area contributed by atoms with Crippen LogP contribution in [0.3, 0.4) is 0 Å². The maximum atomic E-state index is 13.4. The predicted octanol–water partition coefficient (Wildman–Crippen LogP) is 2.30. The molecule has 0 saturated heterocycles. The number of aliphatic carboxylic acids is 1.